The predicted octanol–water partition coefficient (Wildman–Crippen LogP) is 3.67. The third-order valence-electron chi connectivity index (χ3n) is 6.49. The van der Waals surface area contributed by atoms with Gasteiger partial charge in [0, 0.05) is 41.7 Å². The molecule has 2 aliphatic rings. The number of halogens is 4. The van der Waals surface area contributed by atoms with Crippen LogP contribution in [0.25, 0.3) is 0 Å². The molecule has 2 aromatic carbocycles. The number of carbonyl (C=O) groups is 3. The Balaban J connectivity index is 1.82. The highest BCUT2D eigenvalue weighted by molar-refractivity contribution is 6.31. The fourth-order valence-corrected chi connectivity index (χ4v) is 4.94. The van der Waals surface area contributed by atoms with Crippen molar-refractivity contribution in [2.75, 3.05) is 18.6 Å². The molecule has 8 nitrogen and oxygen atoms in total. The Morgan fingerprint density at radius 3 is 2.51 bits per heavy atom. The van der Waals surface area contributed by atoms with Crippen LogP contribution in [0.2, 0.25) is 5.02 Å². The summed E-state index contributed by atoms with van der Waals surface area (Å²) in [5.74, 6) is -5.36. The summed E-state index contributed by atoms with van der Waals surface area (Å²) in [5, 5.41) is 13.3. The molecule has 0 radical (unpaired) electrons. The van der Waals surface area contributed by atoms with Gasteiger partial charge in [-0.1, -0.05) is 35.9 Å². The molecule has 1 aliphatic carbocycles. The molecular weight excluding hydrogens is 515 g/mol. The number of hydrogen-bond donors (Lipinski definition) is 2. The Labute approximate surface area is 215 Å². The molecule has 0 bridgehead atoms. The molecule has 2 aromatic rings. The Morgan fingerprint density at radius 1 is 1.19 bits per heavy atom. The van der Waals surface area contributed by atoms with Crippen LogP contribution in [0.1, 0.15) is 30.9 Å². The number of rotatable bonds is 6. The monoisotopic (exact) mass is 539 g/mol. The van der Waals surface area contributed by atoms with Gasteiger partial charge in [0.1, 0.15) is 17.9 Å². The van der Waals surface area contributed by atoms with E-state index in [1.807, 2.05) is 0 Å². The summed E-state index contributed by atoms with van der Waals surface area (Å²) >= 11 is 6.40. The fraction of sp³-hybridized carbons (Fsp3) is 0.400. The maximum absolute atomic E-state index is 14.3. The van der Waals surface area contributed by atoms with Crippen LogP contribution >= 0.6 is 11.6 Å². The van der Waals surface area contributed by atoms with Crippen molar-refractivity contribution in [3.05, 3.63) is 64.9 Å². The molecule has 1 saturated heterocycles. The highest BCUT2D eigenvalue weighted by Gasteiger charge is 2.49. The standard InChI is InChI=1S/C25H25ClF3N3O5/c1-37-24(36)31-10-9-19(33)21(31)23(35)32(16-6-4-5-14(27)11-16)20(17-7-2-3-8-18(17)26)22(34)30-15-12-25(28,29)13-15/h2-8,11,15,19-21,33H,9-10,12-13H2,1H3,(H,30,34)/t19-,20-,21-/m0/s1. The molecule has 4 rings (SSSR count). The number of ether oxygens (including phenoxy) is 1. The highest BCUT2D eigenvalue weighted by atomic mass is 35.5. The van der Waals surface area contributed by atoms with Gasteiger partial charge in [-0.15, -0.1) is 0 Å². The Hall–Kier alpha value is -3.31. The number of likely N-dealkylation sites (tertiary alicyclic amines) is 1. The normalized spacial score (nSPS) is 21.6. The van der Waals surface area contributed by atoms with Gasteiger partial charge in [0.25, 0.3) is 11.8 Å². The van der Waals surface area contributed by atoms with E-state index in [1.165, 1.54) is 24.3 Å². The lowest BCUT2D eigenvalue weighted by Gasteiger charge is -2.39. The molecule has 12 heteroatoms. The predicted molar refractivity (Wildman–Crippen MR) is 128 cm³/mol. The van der Waals surface area contributed by atoms with Crippen molar-refractivity contribution >= 4 is 35.2 Å². The molecule has 0 unspecified atom stereocenters. The number of nitrogens with one attached hydrogen (secondary N) is 1. The Bertz CT molecular complexity index is 1190. The smallest absolute Gasteiger partial charge is 0.410 e. The number of methoxy groups -OCH3 is 1. The molecule has 1 heterocycles. The van der Waals surface area contributed by atoms with E-state index in [0.29, 0.717) is 0 Å². The van der Waals surface area contributed by atoms with E-state index in [9.17, 15) is 32.7 Å². The van der Waals surface area contributed by atoms with Crippen LogP contribution in [0.5, 0.6) is 0 Å². The lowest BCUT2D eigenvalue weighted by Crippen LogP contribution is -2.57. The second kappa shape index (κ2) is 10.6. The molecule has 1 saturated carbocycles. The summed E-state index contributed by atoms with van der Waals surface area (Å²) in [7, 11) is 1.12. The van der Waals surface area contributed by atoms with Crippen LogP contribution in [0.4, 0.5) is 23.7 Å². The first-order valence-corrected chi connectivity index (χ1v) is 11.9. The SMILES string of the molecule is COC(=O)N1CC[C@H](O)[C@H]1C(=O)N(c1cccc(F)c1)[C@H](C(=O)NC1CC(F)(F)C1)c1ccccc1Cl. The summed E-state index contributed by atoms with van der Waals surface area (Å²) in [6, 6.07) is 7.13. The maximum atomic E-state index is 14.3. The molecule has 198 valence electrons. The van der Waals surface area contributed by atoms with Gasteiger partial charge in [-0.05, 0) is 30.7 Å². The molecule has 0 spiro atoms. The van der Waals surface area contributed by atoms with Crippen molar-refractivity contribution in [3.8, 4) is 0 Å². The zero-order valence-corrected chi connectivity index (χ0v) is 20.5. The molecule has 2 fully saturated rings. The molecule has 3 atom stereocenters. The van der Waals surface area contributed by atoms with Crippen LogP contribution in [0, 0.1) is 5.82 Å². The number of anilines is 1. The third kappa shape index (κ3) is 5.52. The molecule has 0 aromatic heterocycles. The lowest BCUT2D eigenvalue weighted by molar-refractivity contribution is -0.134. The molecule has 2 N–H and O–H groups in total. The maximum Gasteiger partial charge on any atom is 0.410 e. The van der Waals surface area contributed by atoms with Crippen molar-refractivity contribution in [1.29, 1.82) is 0 Å². The van der Waals surface area contributed by atoms with Crippen molar-refractivity contribution in [2.45, 2.75) is 49.4 Å². The van der Waals surface area contributed by atoms with Crippen molar-refractivity contribution < 1.29 is 37.4 Å². The molecule has 3 amide bonds. The molecular formula is C25H25ClF3N3O5. The first-order valence-electron chi connectivity index (χ1n) is 11.6. The summed E-state index contributed by atoms with van der Waals surface area (Å²) in [6.07, 6.45) is -3.26. The van der Waals surface area contributed by atoms with Gasteiger partial charge in [0.05, 0.1) is 13.2 Å². The zero-order valence-electron chi connectivity index (χ0n) is 19.7. The topological polar surface area (TPSA) is 99.2 Å². The van der Waals surface area contributed by atoms with E-state index in [2.05, 4.69) is 5.32 Å². The van der Waals surface area contributed by atoms with Crippen LogP contribution in [0.15, 0.2) is 48.5 Å². The fourth-order valence-electron chi connectivity index (χ4n) is 4.71. The number of aliphatic hydroxyl groups excluding tert-OH is 1. The van der Waals surface area contributed by atoms with Crippen LogP contribution in [0.3, 0.4) is 0 Å². The van der Waals surface area contributed by atoms with E-state index in [-0.39, 0.29) is 29.2 Å². The average molecular weight is 540 g/mol. The summed E-state index contributed by atoms with van der Waals surface area (Å²) < 4.78 is 46.0. The van der Waals surface area contributed by atoms with E-state index in [1.54, 1.807) is 12.1 Å². The van der Waals surface area contributed by atoms with E-state index >= 15 is 0 Å². The summed E-state index contributed by atoms with van der Waals surface area (Å²) in [6.45, 7) is 0.00134. The highest BCUT2D eigenvalue weighted by Crippen LogP contribution is 2.39. The van der Waals surface area contributed by atoms with Gasteiger partial charge < -0.3 is 15.2 Å². The number of carbonyl (C=O) groups excluding carboxylic acids is 3. The minimum absolute atomic E-state index is 0.00134. The Morgan fingerprint density at radius 2 is 1.89 bits per heavy atom. The number of nitrogens with zero attached hydrogens (tertiary/aromatic N) is 2. The third-order valence-corrected chi connectivity index (χ3v) is 6.84. The van der Waals surface area contributed by atoms with E-state index < -0.39 is 66.7 Å². The van der Waals surface area contributed by atoms with Gasteiger partial charge in [-0.2, -0.15) is 0 Å². The zero-order chi connectivity index (χ0) is 26.9. The number of benzene rings is 2. The van der Waals surface area contributed by atoms with Gasteiger partial charge in [-0.25, -0.2) is 18.0 Å². The first kappa shape index (κ1) is 26.7. The van der Waals surface area contributed by atoms with Crippen molar-refractivity contribution in [1.82, 2.24) is 10.2 Å². The van der Waals surface area contributed by atoms with Crippen LogP contribution in [-0.4, -0.2) is 65.7 Å². The van der Waals surface area contributed by atoms with Crippen molar-refractivity contribution in [3.63, 3.8) is 0 Å². The summed E-state index contributed by atoms with van der Waals surface area (Å²) in [4.78, 5) is 42.0. The molecule has 37 heavy (non-hydrogen) atoms. The number of alkyl halides is 2. The Kier molecular flexibility index (Phi) is 7.65. The minimum Gasteiger partial charge on any atom is -0.453 e. The van der Waals surface area contributed by atoms with E-state index in [0.717, 1.165) is 29.0 Å². The lowest BCUT2D eigenvalue weighted by atomic mass is 9.87. The quantitative estimate of drug-likeness (QED) is 0.584. The van der Waals surface area contributed by atoms with Crippen molar-refractivity contribution in [2.24, 2.45) is 0 Å². The number of amides is 3. The number of hydrogen-bond acceptors (Lipinski definition) is 5. The van der Waals surface area contributed by atoms with E-state index in [4.69, 9.17) is 16.3 Å². The van der Waals surface area contributed by atoms with Crippen LogP contribution < -0.4 is 10.2 Å². The average Bonchev–Trinajstić information content (AvgIpc) is 3.22. The summed E-state index contributed by atoms with van der Waals surface area (Å²) in [5.41, 5.74) is 0.0791. The first-order chi connectivity index (χ1) is 17.5. The minimum atomic E-state index is -2.91. The largest absolute Gasteiger partial charge is 0.453 e. The van der Waals surface area contributed by atoms with Gasteiger partial charge in [-0.3, -0.25) is 19.4 Å². The van der Waals surface area contributed by atoms with Gasteiger partial charge in [0.15, 0.2) is 0 Å². The number of aliphatic hydroxyl groups is 1. The molecule has 1 aliphatic heterocycles. The second-order valence-electron chi connectivity index (χ2n) is 9.05. The second-order valence-corrected chi connectivity index (χ2v) is 9.45. The van der Waals surface area contributed by atoms with Gasteiger partial charge in [0.2, 0.25) is 5.91 Å². The van der Waals surface area contributed by atoms with Gasteiger partial charge >= 0.3 is 6.09 Å². The van der Waals surface area contributed by atoms with Crippen LogP contribution in [-0.2, 0) is 14.3 Å².